The summed E-state index contributed by atoms with van der Waals surface area (Å²) in [5.41, 5.74) is 8.64. The third kappa shape index (κ3) is 5.13. The van der Waals surface area contributed by atoms with E-state index in [0.29, 0.717) is 29.7 Å². The quantitative estimate of drug-likeness (QED) is 0.364. The second-order valence-corrected chi connectivity index (χ2v) is 8.59. The van der Waals surface area contributed by atoms with E-state index in [1.165, 1.54) is 6.20 Å². The molecular weight excluding hydrogens is 408 g/mol. The first-order valence-corrected chi connectivity index (χ1v) is 10.6. The molecule has 0 saturated carbocycles. The van der Waals surface area contributed by atoms with Crippen molar-refractivity contribution >= 4 is 17.6 Å². The standard InChI is InChI=1S/C24H30N4O4/c1-5-27-19(25)14-31-13-17-22(23(30)32-6-2)20(15-8-7-9-26-12-15)21-16(28-17)10-24(3,4)11-18(21)29/h5,7-9,12,20,28H,1,6,10-11,13-14H2,2-4H3,(H2,25,27). The van der Waals surface area contributed by atoms with Crippen molar-refractivity contribution < 1.29 is 19.1 Å². The van der Waals surface area contributed by atoms with Gasteiger partial charge in [-0.05, 0) is 30.4 Å². The number of Topliss-reactive ketones (excluding diaryl/α,β-unsaturated/α-hetero) is 1. The molecule has 3 rings (SSSR count). The smallest absolute Gasteiger partial charge is 0.336 e. The van der Waals surface area contributed by atoms with Crippen LogP contribution in [0.15, 0.2) is 64.8 Å². The average molecular weight is 439 g/mol. The second-order valence-electron chi connectivity index (χ2n) is 8.59. The van der Waals surface area contributed by atoms with Gasteiger partial charge in [-0.2, -0.15) is 0 Å². The summed E-state index contributed by atoms with van der Waals surface area (Å²) in [4.78, 5) is 34.5. The summed E-state index contributed by atoms with van der Waals surface area (Å²) in [6.07, 6.45) is 5.75. The molecule has 170 valence electrons. The average Bonchev–Trinajstić information content (AvgIpc) is 2.73. The summed E-state index contributed by atoms with van der Waals surface area (Å²) in [6.45, 7) is 9.73. The first kappa shape index (κ1) is 23.4. The number of hydrogen-bond donors (Lipinski definition) is 2. The van der Waals surface area contributed by atoms with Crippen LogP contribution >= 0.6 is 0 Å². The normalized spacial score (nSPS) is 20.5. The molecule has 0 fully saturated rings. The van der Waals surface area contributed by atoms with Gasteiger partial charge >= 0.3 is 5.97 Å². The van der Waals surface area contributed by atoms with E-state index in [1.807, 2.05) is 6.07 Å². The number of ketones is 1. The Kier molecular flexibility index (Phi) is 7.25. The number of hydrogen-bond acceptors (Lipinski definition) is 7. The van der Waals surface area contributed by atoms with Gasteiger partial charge in [-0.1, -0.05) is 26.5 Å². The monoisotopic (exact) mass is 438 g/mol. The molecule has 1 unspecified atom stereocenters. The van der Waals surface area contributed by atoms with Crippen molar-refractivity contribution in [2.75, 3.05) is 19.8 Å². The van der Waals surface area contributed by atoms with E-state index in [1.54, 1.807) is 25.4 Å². The summed E-state index contributed by atoms with van der Waals surface area (Å²) in [7, 11) is 0. The van der Waals surface area contributed by atoms with Gasteiger partial charge in [-0.25, -0.2) is 9.79 Å². The number of carbonyl (C=O) groups excluding carboxylic acids is 2. The van der Waals surface area contributed by atoms with Crippen LogP contribution in [0, 0.1) is 5.41 Å². The summed E-state index contributed by atoms with van der Waals surface area (Å²) in [5.74, 6) is -0.793. The van der Waals surface area contributed by atoms with Gasteiger partial charge in [0.2, 0.25) is 0 Å². The number of dihydropyridines is 1. The zero-order valence-electron chi connectivity index (χ0n) is 18.8. The van der Waals surface area contributed by atoms with Gasteiger partial charge in [0.1, 0.15) is 12.4 Å². The van der Waals surface area contributed by atoms with Gasteiger partial charge in [0, 0.05) is 42.2 Å². The van der Waals surface area contributed by atoms with Crippen LogP contribution in [-0.2, 0) is 19.1 Å². The molecule has 0 bridgehead atoms. The van der Waals surface area contributed by atoms with E-state index in [2.05, 4.69) is 35.7 Å². The fourth-order valence-corrected chi connectivity index (χ4v) is 4.21. The number of esters is 1. The molecule has 1 aromatic rings. The predicted octanol–water partition coefficient (Wildman–Crippen LogP) is 2.75. The molecule has 1 aliphatic heterocycles. The molecule has 1 atom stereocenters. The van der Waals surface area contributed by atoms with Gasteiger partial charge in [0.25, 0.3) is 0 Å². The zero-order valence-corrected chi connectivity index (χ0v) is 18.8. The lowest BCUT2D eigenvalue weighted by Crippen LogP contribution is -2.40. The molecular formula is C24H30N4O4. The minimum Gasteiger partial charge on any atom is -0.463 e. The minimum atomic E-state index is -0.583. The lowest BCUT2D eigenvalue weighted by molar-refractivity contribution is -0.139. The molecule has 8 heteroatoms. The van der Waals surface area contributed by atoms with Crippen LogP contribution in [0.5, 0.6) is 0 Å². The molecule has 3 N–H and O–H groups in total. The largest absolute Gasteiger partial charge is 0.463 e. The van der Waals surface area contributed by atoms with E-state index in [4.69, 9.17) is 15.2 Å². The number of nitrogens with two attached hydrogens (primary N) is 1. The molecule has 2 heterocycles. The number of nitrogens with zero attached hydrogens (tertiary/aromatic N) is 2. The van der Waals surface area contributed by atoms with Crippen molar-refractivity contribution in [1.82, 2.24) is 10.3 Å². The van der Waals surface area contributed by atoms with Crippen molar-refractivity contribution in [2.45, 2.75) is 39.5 Å². The predicted molar refractivity (Wildman–Crippen MR) is 121 cm³/mol. The Morgan fingerprint density at radius 2 is 2.22 bits per heavy atom. The molecule has 32 heavy (non-hydrogen) atoms. The SMILES string of the molecule is C=CN=C(N)COCC1=C(C(=O)OCC)C(c2cccnc2)C2=C(CC(C)(C)CC2=O)N1. The first-order chi connectivity index (χ1) is 15.3. The topological polar surface area (TPSA) is 116 Å². The van der Waals surface area contributed by atoms with Crippen LogP contribution in [0.1, 0.15) is 45.1 Å². The number of aromatic nitrogens is 1. The molecule has 1 aliphatic carbocycles. The van der Waals surface area contributed by atoms with Crippen LogP contribution in [0.25, 0.3) is 0 Å². The zero-order chi connectivity index (χ0) is 23.3. The molecule has 0 spiro atoms. The maximum atomic E-state index is 13.3. The summed E-state index contributed by atoms with van der Waals surface area (Å²) < 4.78 is 11.1. The van der Waals surface area contributed by atoms with Gasteiger partial charge in [0.05, 0.1) is 24.5 Å². The Balaban J connectivity index is 2.09. The number of amidine groups is 1. The van der Waals surface area contributed by atoms with Crippen LogP contribution in [0.4, 0.5) is 0 Å². The maximum Gasteiger partial charge on any atom is 0.336 e. The lowest BCUT2D eigenvalue weighted by atomic mass is 9.69. The molecule has 0 saturated heterocycles. The number of carbonyl (C=O) groups is 2. The van der Waals surface area contributed by atoms with E-state index in [-0.39, 0.29) is 36.9 Å². The Morgan fingerprint density at radius 3 is 2.88 bits per heavy atom. The highest BCUT2D eigenvalue weighted by Gasteiger charge is 2.43. The van der Waals surface area contributed by atoms with Gasteiger partial charge in [-0.15, -0.1) is 0 Å². The Morgan fingerprint density at radius 1 is 1.44 bits per heavy atom. The Labute approximate surface area is 188 Å². The van der Waals surface area contributed by atoms with Crippen LogP contribution in [-0.4, -0.2) is 42.4 Å². The van der Waals surface area contributed by atoms with Gasteiger partial charge < -0.3 is 20.5 Å². The van der Waals surface area contributed by atoms with Crippen molar-refractivity contribution in [3.8, 4) is 0 Å². The summed E-state index contributed by atoms with van der Waals surface area (Å²) in [5, 5.41) is 3.33. The van der Waals surface area contributed by atoms with Crippen LogP contribution < -0.4 is 11.1 Å². The van der Waals surface area contributed by atoms with Gasteiger partial charge in [-0.3, -0.25) is 9.78 Å². The Bertz CT molecular complexity index is 993. The number of pyridine rings is 1. The Hall–Kier alpha value is -3.26. The van der Waals surface area contributed by atoms with Crippen molar-refractivity contribution in [2.24, 2.45) is 16.1 Å². The molecule has 0 radical (unpaired) electrons. The highest BCUT2D eigenvalue weighted by molar-refractivity contribution is 6.04. The minimum absolute atomic E-state index is 0.0155. The molecule has 0 amide bonds. The van der Waals surface area contributed by atoms with Crippen LogP contribution in [0.3, 0.4) is 0 Å². The second kappa shape index (κ2) is 9.91. The number of rotatable bonds is 8. The highest BCUT2D eigenvalue weighted by atomic mass is 16.5. The maximum absolute atomic E-state index is 13.3. The third-order valence-corrected chi connectivity index (χ3v) is 5.39. The summed E-state index contributed by atoms with van der Waals surface area (Å²) in [6, 6.07) is 3.66. The van der Waals surface area contributed by atoms with Crippen molar-refractivity contribution in [1.29, 1.82) is 0 Å². The molecule has 1 aromatic heterocycles. The number of allylic oxidation sites excluding steroid dienone is 2. The summed E-state index contributed by atoms with van der Waals surface area (Å²) >= 11 is 0. The number of aliphatic imine (C=N–C) groups is 1. The number of nitrogens with one attached hydrogen (secondary N) is 1. The van der Waals surface area contributed by atoms with E-state index in [9.17, 15) is 9.59 Å². The van der Waals surface area contributed by atoms with Gasteiger partial charge in [0.15, 0.2) is 5.78 Å². The third-order valence-electron chi connectivity index (χ3n) is 5.39. The molecule has 8 nitrogen and oxygen atoms in total. The van der Waals surface area contributed by atoms with E-state index >= 15 is 0 Å². The highest BCUT2D eigenvalue weighted by Crippen LogP contribution is 2.46. The molecule has 2 aliphatic rings. The van der Waals surface area contributed by atoms with Crippen LogP contribution in [0.2, 0.25) is 0 Å². The first-order valence-electron chi connectivity index (χ1n) is 10.6. The van der Waals surface area contributed by atoms with E-state index in [0.717, 1.165) is 11.3 Å². The molecule has 0 aromatic carbocycles. The van der Waals surface area contributed by atoms with Crippen molar-refractivity contribution in [3.63, 3.8) is 0 Å². The number of ether oxygens (including phenoxy) is 2. The van der Waals surface area contributed by atoms with Crippen molar-refractivity contribution in [3.05, 3.63) is 65.4 Å². The van der Waals surface area contributed by atoms with E-state index < -0.39 is 11.9 Å². The lowest BCUT2D eigenvalue weighted by Gasteiger charge is -2.39. The fraction of sp³-hybridized carbons (Fsp3) is 0.417. The fourth-order valence-electron chi connectivity index (χ4n) is 4.21.